The van der Waals surface area contributed by atoms with E-state index in [0.29, 0.717) is 11.4 Å². The van der Waals surface area contributed by atoms with E-state index in [2.05, 4.69) is 9.71 Å². The molecule has 19 heavy (non-hydrogen) atoms. The van der Waals surface area contributed by atoms with Gasteiger partial charge in [-0.3, -0.25) is 9.71 Å². The van der Waals surface area contributed by atoms with E-state index in [1.807, 2.05) is 0 Å². The number of nitrogens with zero attached hydrogens (tertiary/aromatic N) is 1. The Morgan fingerprint density at radius 1 is 1.47 bits per heavy atom. The number of rotatable bonds is 4. The monoisotopic (exact) mass is 298 g/mol. The van der Waals surface area contributed by atoms with Gasteiger partial charge in [0.2, 0.25) is 0 Å². The van der Waals surface area contributed by atoms with E-state index in [4.69, 9.17) is 5.11 Å². The Balaban J connectivity index is 2.32. The summed E-state index contributed by atoms with van der Waals surface area (Å²) in [4.78, 5) is 14.7. The van der Waals surface area contributed by atoms with E-state index in [-0.39, 0.29) is 9.77 Å². The third-order valence-electron chi connectivity index (χ3n) is 2.34. The zero-order valence-electron chi connectivity index (χ0n) is 9.82. The molecule has 0 spiro atoms. The molecule has 0 bridgehead atoms. The zero-order chi connectivity index (χ0) is 14.0. The van der Waals surface area contributed by atoms with Gasteiger partial charge in [-0.1, -0.05) is 0 Å². The molecule has 0 amide bonds. The lowest BCUT2D eigenvalue weighted by Gasteiger charge is -2.07. The fourth-order valence-corrected chi connectivity index (χ4v) is 3.63. The van der Waals surface area contributed by atoms with Gasteiger partial charge < -0.3 is 5.11 Å². The first kappa shape index (κ1) is 13.5. The first-order chi connectivity index (χ1) is 8.90. The van der Waals surface area contributed by atoms with Crippen molar-refractivity contribution in [3.05, 3.63) is 41.0 Å². The van der Waals surface area contributed by atoms with Crippen molar-refractivity contribution < 1.29 is 18.3 Å². The topological polar surface area (TPSA) is 96.4 Å². The maximum Gasteiger partial charge on any atom is 0.336 e. The Hall–Kier alpha value is -1.93. The first-order valence-electron chi connectivity index (χ1n) is 5.16. The molecule has 8 heteroatoms. The fourth-order valence-electron chi connectivity index (χ4n) is 1.36. The molecule has 2 N–H and O–H groups in total. The van der Waals surface area contributed by atoms with Gasteiger partial charge in [0.1, 0.15) is 4.21 Å². The van der Waals surface area contributed by atoms with Crippen LogP contribution >= 0.6 is 11.3 Å². The van der Waals surface area contributed by atoms with Crippen LogP contribution in [0.2, 0.25) is 0 Å². The predicted molar refractivity (Wildman–Crippen MR) is 71.1 cm³/mol. The summed E-state index contributed by atoms with van der Waals surface area (Å²) >= 11 is 0.858. The number of aromatic nitrogens is 1. The highest BCUT2D eigenvalue weighted by atomic mass is 32.2. The smallest absolute Gasteiger partial charge is 0.336 e. The summed E-state index contributed by atoms with van der Waals surface area (Å²) in [5.74, 6) is -1.16. The van der Waals surface area contributed by atoms with E-state index in [1.165, 1.54) is 5.38 Å². The van der Waals surface area contributed by atoms with E-state index >= 15 is 0 Å². The molecule has 6 nitrogen and oxygen atoms in total. The minimum atomic E-state index is -3.78. The second kappa shape index (κ2) is 4.98. The van der Waals surface area contributed by atoms with Crippen molar-refractivity contribution in [2.45, 2.75) is 11.1 Å². The average molecular weight is 298 g/mol. The van der Waals surface area contributed by atoms with E-state index in [1.54, 1.807) is 25.3 Å². The van der Waals surface area contributed by atoms with Crippen LogP contribution in [0.15, 0.2) is 34.0 Å². The molecule has 0 atom stereocenters. The van der Waals surface area contributed by atoms with Crippen LogP contribution in [0.1, 0.15) is 16.1 Å². The molecule has 2 heterocycles. The number of carboxylic acids is 1. The lowest BCUT2D eigenvalue weighted by atomic mass is 10.3. The minimum absolute atomic E-state index is 0.0479. The molecule has 2 rings (SSSR count). The summed E-state index contributed by atoms with van der Waals surface area (Å²) in [7, 11) is -3.78. The Morgan fingerprint density at radius 2 is 2.21 bits per heavy atom. The number of nitrogens with one attached hydrogen (secondary N) is 1. The predicted octanol–water partition coefficient (Wildman–Crippen LogP) is 1.95. The number of pyridine rings is 1. The lowest BCUT2D eigenvalue weighted by molar-refractivity contribution is 0.0697. The Morgan fingerprint density at radius 3 is 2.79 bits per heavy atom. The quantitative estimate of drug-likeness (QED) is 0.899. The standard InChI is InChI=1S/C11H10N2O4S2/c1-7-9(3-2-4-12-7)13-19(16,17)10-5-8(6-18-10)11(14)15/h2-6,13H,1H3,(H,14,15). The molecular weight excluding hydrogens is 288 g/mol. The molecule has 0 aliphatic carbocycles. The molecule has 0 saturated carbocycles. The van der Waals surface area contributed by atoms with Crippen LogP contribution in [0.25, 0.3) is 0 Å². The summed E-state index contributed by atoms with van der Waals surface area (Å²) < 4.78 is 26.5. The summed E-state index contributed by atoms with van der Waals surface area (Å²) in [6.07, 6.45) is 1.56. The van der Waals surface area contributed by atoms with Crippen LogP contribution in [0.5, 0.6) is 0 Å². The van der Waals surface area contributed by atoms with Crippen molar-refractivity contribution in [3.63, 3.8) is 0 Å². The number of aryl methyl sites for hydroxylation is 1. The van der Waals surface area contributed by atoms with Crippen LogP contribution in [-0.4, -0.2) is 24.5 Å². The molecule has 0 aliphatic heterocycles. The number of hydrogen-bond acceptors (Lipinski definition) is 5. The summed E-state index contributed by atoms with van der Waals surface area (Å²) in [5.41, 5.74) is 0.863. The van der Waals surface area contributed by atoms with E-state index in [0.717, 1.165) is 17.4 Å². The van der Waals surface area contributed by atoms with Gasteiger partial charge in [0, 0.05) is 11.6 Å². The second-order valence-corrected chi connectivity index (χ2v) is 6.52. The normalized spacial score (nSPS) is 11.2. The van der Waals surface area contributed by atoms with Gasteiger partial charge in [-0.2, -0.15) is 0 Å². The van der Waals surface area contributed by atoms with Gasteiger partial charge >= 0.3 is 5.97 Å². The summed E-state index contributed by atoms with van der Waals surface area (Å²) in [6, 6.07) is 4.33. The third kappa shape index (κ3) is 2.91. The fraction of sp³-hybridized carbons (Fsp3) is 0.0909. The second-order valence-electron chi connectivity index (χ2n) is 3.70. The van der Waals surface area contributed by atoms with Gasteiger partial charge in [-0.25, -0.2) is 13.2 Å². The highest BCUT2D eigenvalue weighted by Crippen LogP contribution is 2.23. The average Bonchev–Trinajstić information content (AvgIpc) is 2.82. The molecule has 2 aromatic heterocycles. The van der Waals surface area contributed by atoms with Crippen LogP contribution < -0.4 is 4.72 Å². The van der Waals surface area contributed by atoms with Crippen molar-refractivity contribution in [2.24, 2.45) is 0 Å². The molecule has 0 aromatic carbocycles. The number of carboxylic acid groups (broad SMARTS) is 1. The Kier molecular flexibility index (Phi) is 3.54. The van der Waals surface area contributed by atoms with Gasteiger partial charge in [0.05, 0.1) is 16.9 Å². The van der Waals surface area contributed by atoms with Gasteiger partial charge in [0.25, 0.3) is 10.0 Å². The van der Waals surface area contributed by atoms with Gasteiger partial charge in [-0.15, -0.1) is 11.3 Å². The van der Waals surface area contributed by atoms with Crippen LogP contribution in [-0.2, 0) is 10.0 Å². The molecule has 2 aromatic rings. The number of thiophene rings is 1. The van der Waals surface area contributed by atoms with Crippen LogP contribution in [0.3, 0.4) is 0 Å². The number of carbonyl (C=O) groups is 1. The summed E-state index contributed by atoms with van der Waals surface area (Å²) in [5, 5.41) is 10.1. The molecule has 100 valence electrons. The maximum absolute atomic E-state index is 12.1. The maximum atomic E-state index is 12.1. The molecular formula is C11H10N2O4S2. The molecule has 0 unspecified atom stereocenters. The third-order valence-corrected chi connectivity index (χ3v) is 5.14. The first-order valence-corrected chi connectivity index (χ1v) is 7.53. The van der Waals surface area contributed by atoms with E-state index in [9.17, 15) is 13.2 Å². The van der Waals surface area contributed by atoms with Gasteiger partial charge in [-0.05, 0) is 25.1 Å². The van der Waals surface area contributed by atoms with Crippen molar-refractivity contribution >= 4 is 33.0 Å². The SMILES string of the molecule is Cc1ncccc1NS(=O)(=O)c1cc(C(=O)O)cs1. The minimum Gasteiger partial charge on any atom is -0.478 e. The van der Waals surface area contributed by atoms with Gasteiger partial charge in [0.15, 0.2) is 0 Å². The highest BCUT2D eigenvalue weighted by molar-refractivity contribution is 7.94. The van der Waals surface area contributed by atoms with Crippen LogP contribution in [0.4, 0.5) is 5.69 Å². The number of aromatic carboxylic acids is 1. The van der Waals surface area contributed by atoms with Crippen molar-refractivity contribution in [1.29, 1.82) is 0 Å². The zero-order valence-corrected chi connectivity index (χ0v) is 11.5. The molecule has 0 saturated heterocycles. The summed E-state index contributed by atoms with van der Waals surface area (Å²) in [6.45, 7) is 1.68. The molecule has 0 fully saturated rings. The molecule has 0 radical (unpaired) electrons. The Bertz CT molecular complexity index is 722. The van der Waals surface area contributed by atoms with E-state index < -0.39 is 16.0 Å². The Labute approximate surface area is 113 Å². The van der Waals surface area contributed by atoms with Crippen LogP contribution in [0, 0.1) is 6.92 Å². The van der Waals surface area contributed by atoms with Crippen molar-refractivity contribution in [1.82, 2.24) is 4.98 Å². The lowest BCUT2D eigenvalue weighted by Crippen LogP contribution is -2.12. The van der Waals surface area contributed by atoms with Crippen molar-refractivity contribution in [3.8, 4) is 0 Å². The molecule has 0 aliphatic rings. The van der Waals surface area contributed by atoms with Crippen molar-refractivity contribution in [2.75, 3.05) is 4.72 Å². The number of anilines is 1. The largest absolute Gasteiger partial charge is 0.478 e. The number of sulfonamides is 1. The highest BCUT2D eigenvalue weighted by Gasteiger charge is 2.19. The number of hydrogen-bond donors (Lipinski definition) is 2.